The van der Waals surface area contributed by atoms with Gasteiger partial charge in [0.1, 0.15) is 5.60 Å². The highest BCUT2D eigenvalue weighted by Gasteiger charge is 2.28. The molecule has 0 saturated carbocycles. The zero-order valence-corrected chi connectivity index (χ0v) is 12.0. The third-order valence-corrected chi connectivity index (χ3v) is 3.33. The van der Waals surface area contributed by atoms with Gasteiger partial charge in [-0.3, -0.25) is 4.68 Å². The normalized spacial score (nSPS) is 15.4. The summed E-state index contributed by atoms with van der Waals surface area (Å²) in [6.07, 6.45) is 2.41. The minimum absolute atomic E-state index is 0.666. The van der Waals surface area contributed by atoms with Crippen LogP contribution in [0.2, 0.25) is 0 Å². The van der Waals surface area contributed by atoms with E-state index in [0.29, 0.717) is 6.42 Å². The molecule has 0 bridgehead atoms. The lowest BCUT2D eigenvalue weighted by Gasteiger charge is -2.24. The Balaban J connectivity index is 2.94. The molecule has 92 valence electrons. The Bertz CT molecular complexity index is 347. The molecule has 5 heteroatoms. The zero-order chi connectivity index (χ0) is 12.3. The minimum Gasteiger partial charge on any atom is -0.384 e. The van der Waals surface area contributed by atoms with Crippen molar-refractivity contribution in [1.29, 1.82) is 0 Å². The molecule has 1 N–H and O–H groups in total. The molecule has 1 heterocycles. The second-order valence-corrected chi connectivity index (χ2v) is 5.35. The maximum absolute atomic E-state index is 10.3. The van der Waals surface area contributed by atoms with Crippen LogP contribution in [0.1, 0.15) is 26.0 Å². The van der Waals surface area contributed by atoms with Crippen LogP contribution in [0.25, 0.3) is 0 Å². The minimum atomic E-state index is -0.832. The summed E-state index contributed by atoms with van der Waals surface area (Å²) in [4.78, 5) is 2.10. The molecule has 16 heavy (non-hydrogen) atoms. The largest absolute Gasteiger partial charge is 0.384 e. The van der Waals surface area contributed by atoms with E-state index in [1.165, 1.54) is 0 Å². The van der Waals surface area contributed by atoms with Crippen LogP contribution in [0.4, 0.5) is 0 Å². The summed E-state index contributed by atoms with van der Waals surface area (Å²) in [6, 6.07) is 0. The number of aromatic nitrogens is 2. The fraction of sp³-hybridized carbons (Fsp3) is 0.727. The van der Waals surface area contributed by atoms with Crippen LogP contribution >= 0.6 is 15.9 Å². The summed E-state index contributed by atoms with van der Waals surface area (Å²) in [5.74, 6) is 0. The van der Waals surface area contributed by atoms with Crippen LogP contribution in [-0.4, -0.2) is 40.4 Å². The molecular formula is C11H20BrN3O. The van der Waals surface area contributed by atoms with Gasteiger partial charge in [-0.15, -0.1) is 0 Å². The van der Waals surface area contributed by atoms with E-state index in [1.807, 2.05) is 32.6 Å². The van der Waals surface area contributed by atoms with Crippen molar-refractivity contribution in [3.63, 3.8) is 0 Å². The van der Waals surface area contributed by atoms with E-state index in [-0.39, 0.29) is 0 Å². The lowest BCUT2D eigenvalue weighted by atomic mass is 9.99. The van der Waals surface area contributed by atoms with Crippen molar-refractivity contribution < 1.29 is 5.11 Å². The first kappa shape index (κ1) is 13.7. The van der Waals surface area contributed by atoms with Crippen molar-refractivity contribution in [2.75, 3.05) is 20.6 Å². The summed E-state index contributed by atoms with van der Waals surface area (Å²) in [5, 5.41) is 14.6. The Morgan fingerprint density at radius 1 is 1.56 bits per heavy atom. The van der Waals surface area contributed by atoms with Gasteiger partial charge < -0.3 is 10.0 Å². The maximum Gasteiger partial charge on any atom is 0.104 e. The molecule has 0 saturated heterocycles. The zero-order valence-electron chi connectivity index (χ0n) is 10.4. The van der Waals surface area contributed by atoms with Gasteiger partial charge in [0.2, 0.25) is 0 Å². The number of aliphatic hydroxyl groups is 1. The third-order valence-electron chi connectivity index (χ3n) is 2.75. The van der Waals surface area contributed by atoms with Gasteiger partial charge in [-0.05, 0) is 43.4 Å². The molecule has 1 unspecified atom stereocenters. The van der Waals surface area contributed by atoms with Gasteiger partial charge in [-0.2, -0.15) is 5.10 Å². The topological polar surface area (TPSA) is 41.3 Å². The van der Waals surface area contributed by atoms with Crippen LogP contribution < -0.4 is 0 Å². The van der Waals surface area contributed by atoms with Crippen LogP contribution in [0, 0.1) is 0 Å². The van der Waals surface area contributed by atoms with Crippen LogP contribution in [-0.2, 0) is 12.1 Å². The lowest BCUT2D eigenvalue weighted by molar-refractivity contribution is 0.0422. The summed E-state index contributed by atoms with van der Waals surface area (Å²) >= 11 is 3.44. The van der Waals surface area contributed by atoms with E-state index < -0.39 is 5.60 Å². The second kappa shape index (κ2) is 5.29. The number of likely N-dealkylation sites (N-methyl/N-ethyl adjacent to an activating group) is 1. The van der Waals surface area contributed by atoms with Crippen molar-refractivity contribution in [2.45, 2.75) is 32.4 Å². The summed E-state index contributed by atoms with van der Waals surface area (Å²) in [6.45, 7) is 5.47. The summed E-state index contributed by atoms with van der Waals surface area (Å²) < 4.78 is 2.74. The van der Waals surface area contributed by atoms with E-state index in [1.54, 1.807) is 6.20 Å². The van der Waals surface area contributed by atoms with E-state index in [9.17, 15) is 5.11 Å². The number of hydrogen-bond donors (Lipinski definition) is 1. The molecule has 0 radical (unpaired) electrons. The molecule has 1 aromatic rings. The first-order chi connectivity index (χ1) is 7.38. The average Bonchev–Trinajstić information content (AvgIpc) is 2.57. The summed E-state index contributed by atoms with van der Waals surface area (Å²) in [7, 11) is 4.05. The van der Waals surface area contributed by atoms with Crippen molar-refractivity contribution in [3.05, 3.63) is 16.4 Å². The molecule has 1 aromatic heterocycles. The SMILES string of the molecule is CCC(C)(O)c1c(Br)cnn1CCN(C)C. The Morgan fingerprint density at radius 2 is 2.19 bits per heavy atom. The monoisotopic (exact) mass is 289 g/mol. The number of halogens is 1. The Morgan fingerprint density at radius 3 is 2.69 bits per heavy atom. The van der Waals surface area contributed by atoms with Gasteiger partial charge in [0.15, 0.2) is 0 Å². The Hall–Kier alpha value is -0.390. The molecule has 0 aliphatic rings. The van der Waals surface area contributed by atoms with Crippen LogP contribution in [0.3, 0.4) is 0 Å². The molecule has 1 atom stereocenters. The quantitative estimate of drug-likeness (QED) is 0.899. The van der Waals surface area contributed by atoms with Gasteiger partial charge in [-0.1, -0.05) is 6.92 Å². The van der Waals surface area contributed by atoms with E-state index in [4.69, 9.17) is 0 Å². The lowest BCUT2D eigenvalue weighted by Crippen LogP contribution is -2.28. The van der Waals surface area contributed by atoms with E-state index in [2.05, 4.69) is 25.9 Å². The number of nitrogens with zero attached hydrogens (tertiary/aromatic N) is 3. The summed E-state index contributed by atoms with van der Waals surface area (Å²) in [5.41, 5.74) is 0.0265. The maximum atomic E-state index is 10.3. The predicted molar refractivity (Wildman–Crippen MR) is 68.3 cm³/mol. The first-order valence-electron chi connectivity index (χ1n) is 5.47. The molecule has 4 nitrogen and oxygen atoms in total. The second-order valence-electron chi connectivity index (χ2n) is 4.49. The molecule has 0 aliphatic carbocycles. The Labute approximate surface area is 105 Å². The average molecular weight is 290 g/mol. The van der Waals surface area contributed by atoms with Crippen molar-refractivity contribution >= 4 is 15.9 Å². The number of rotatable bonds is 5. The highest BCUT2D eigenvalue weighted by atomic mass is 79.9. The van der Waals surface area contributed by atoms with Gasteiger partial charge in [0.25, 0.3) is 0 Å². The van der Waals surface area contributed by atoms with Crippen LogP contribution in [0.15, 0.2) is 10.7 Å². The van der Waals surface area contributed by atoms with Gasteiger partial charge in [0.05, 0.1) is 22.9 Å². The fourth-order valence-electron chi connectivity index (χ4n) is 1.53. The molecule has 0 fully saturated rings. The Kier molecular flexibility index (Phi) is 4.52. The highest BCUT2D eigenvalue weighted by molar-refractivity contribution is 9.10. The van der Waals surface area contributed by atoms with Crippen molar-refractivity contribution in [3.8, 4) is 0 Å². The van der Waals surface area contributed by atoms with Crippen molar-refractivity contribution in [1.82, 2.24) is 14.7 Å². The molecule has 0 aliphatic heterocycles. The molecule has 1 rings (SSSR count). The molecule has 0 amide bonds. The predicted octanol–water partition coefficient (Wildman–Crippen LogP) is 1.82. The van der Waals surface area contributed by atoms with Gasteiger partial charge in [0, 0.05) is 6.54 Å². The number of hydrogen-bond acceptors (Lipinski definition) is 3. The smallest absolute Gasteiger partial charge is 0.104 e. The van der Waals surface area contributed by atoms with Crippen molar-refractivity contribution in [2.24, 2.45) is 0 Å². The highest BCUT2D eigenvalue weighted by Crippen LogP contribution is 2.30. The van der Waals surface area contributed by atoms with Gasteiger partial charge >= 0.3 is 0 Å². The van der Waals surface area contributed by atoms with E-state index >= 15 is 0 Å². The molecular weight excluding hydrogens is 270 g/mol. The van der Waals surface area contributed by atoms with Gasteiger partial charge in [-0.25, -0.2) is 0 Å². The molecule has 0 spiro atoms. The third kappa shape index (κ3) is 3.06. The van der Waals surface area contributed by atoms with E-state index in [0.717, 1.165) is 23.3 Å². The van der Waals surface area contributed by atoms with Crippen LogP contribution in [0.5, 0.6) is 0 Å². The molecule has 0 aromatic carbocycles. The standard InChI is InChI=1S/C11H20BrN3O/c1-5-11(2,16)10-9(12)8-13-15(10)7-6-14(3)4/h8,16H,5-7H2,1-4H3. The fourth-order valence-corrected chi connectivity index (χ4v) is 2.25. The first-order valence-corrected chi connectivity index (χ1v) is 6.26.